The van der Waals surface area contributed by atoms with Crippen molar-refractivity contribution in [3.8, 4) is 17.0 Å². The van der Waals surface area contributed by atoms with Crippen molar-refractivity contribution in [2.24, 2.45) is 0 Å². The highest BCUT2D eigenvalue weighted by molar-refractivity contribution is 5.87. The maximum Gasteiger partial charge on any atom is 0.353 e. The summed E-state index contributed by atoms with van der Waals surface area (Å²) in [6.45, 7) is 0.585. The van der Waals surface area contributed by atoms with Crippen molar-refractivity contribution in [1.82, 2.24) is 10.2 Å². The highest BCUT2D eigenvalue weighted by Crippen LogP contribution is 2.28. The summed E-state index contributed by atoms with van der Waals surface area (Å²) in [5.74, 6) is -0.330. The summed E-state index contributed by atoms with van der Waals surface area (Å²) in [5, 5.41) is 15.6. The number of rotatable bonds is 7. The van der Waals surface area contributed by atoms with E-state index in [0.717, 1.165) is 18.4 Å². The molecule has 2 N–H and O–H groups in total. The zero-order chi connectivity index (χ0) is 16.8. The third-order valence-electron chi connectivity index (χ3n) is 3.68. The molecule has 0 unspecified atom stereocenters. The van der Waals surface area contributed by atoms with Gasteiger partial charge in [-0.1, -0.05) is 42.5 Å². The summed E-state index contributed by atoms with van der Waals surface area (Å²) in [5.41, 5.74) is 2.68. The molecule has 0 spiro atoms. The zero-order valence-corrected chi connectivity index (χ0v) is 13.1. The quantitative estimate of drug-likeness (QED) is 0.649. The van der Waals surface area contributed by atoms with Crippen molar-refractivity contribution < 1.29 is 14.6 Å². The first-order valence-corrected chi connectivity index (χ1v) is 7.79. The van der Waals surface area contributed by atoms with E-state index in [0.29, 0.717) is 18.1 Å². The van der Waals surface area contributed by atoms with Gasteiger partial charge >= 0.3 is 5.97 Å². The first-order chi connectivity index (χ1) is 11.7. The lowest BCUT2D eigenvalue weighted by Crippen LogP contribution is -2.00. The maximum atomic E-state index is 11.0. The van der Waals surface area contributed by atoms with Crippen LogP contribution in [0.1, 0.15) is 22.5 Å². The topological polar surface area (TPSA) is 75.2 Å². The molecule has 3 aromatic rings. The summed E-state index contributed by atoms with van der Waals surface area (Å²) in [6, 6.07) is 19.3. The zero-order valence-electron chi connectivity index (χ0n) is 13.1. The number of carbonyl (C=O) groups is 1. The highest BCUT2D eigenvalue weighted by atomic mass is 16.5. The second-order valence-electron chi connectivity index (χ2n) is 5.41. The van der Waals surface area contributed by atoms with E-state index in [1.165, 1.54) is 11.6 Å². The van der Waals surface area contributed by atoms with E-state index in [9.17, 15) is 4.79 Å². The number of aryl methyl sites for hydroxylation is 1. The Labute approximate surface area is 139 Å². The lowest BCUT2D eigenvalue weighted by Gasteiger charge is -2.10. The molecule has 0 amide bonds. The molecular weight excluding hydrogens is 304 g/mol. The molecule has 24 heavy (non-hydrogen) atoms. The van der Waals surface area contributed by atoms with E-state index in [2.05, 4.69) is 22.3 Å². The van der Waals surface area contributed by atoms with Crippen LogP contribution in [0.25, 0.3) is 11.3 Å². The molecule has 0 radical (unpaired) electrons. The maximum absolute atomic E-state index is 11.0. The van der Waals surface area contributed by atoms with Crippen molar-refractivity contribution >= 4 is 5.97 Å². The molecule has 0 saturated carbocycles. The second-order valence-corrected chi connectivity index (χ2v) is 5.41. The van der Waals surface area contributed by atoms with Gasteiger partial charge < -0.3 is 9.84 Å². The van der Waals surface area contributed by atoms with E-state index in [1.54, 1.807) is 0 Å². The summed E-state index contributed by atoms with van der Waals surface area (Å²) >= 11 is 0. The van der Waals surface area contributed by atoms with Crippen LogP contribution in [0.5, 0.6) is 5.75 Å². The molecule has 5 nitrogen and oxygen atoms in total. The Morgan fingerprint density at radius 2 is 1.83 bits per heavy atom. The Balaban J connectivity index is 1.64. The van der Waals surface area contributed by atoms with E-state index >= 15 is 0 Å². The number of H-pyrrole nitrogens is 1. The predicted molar refractivity (Wildman–Crippen MR) is 91.2 cm³/mol. The minimum absolute atomic E-state index is 0.0591. The number of carboxylic acids is 1. The number of nitrogens with zero attached hydrogens (tertiary/aromatic N) is 1. The molecule has 1 heterocycles. The van der Waals surface area contributed by atoms with Gasteiger partial charge in [0.2, 0.25) is 0 Å². The fraction of sp³-hybridized carbons (Fsp3) is 0.158. The predicted octanol–water partition coefficient (Wildman–Crippen LogP) is 3.79. The molecule has 0 aliphatic carbocycles. The number of nitrogens with one attached hydrogen (secondary N) is 1. The molecular formula is C19H18N2O3. The standard InChI is InChI=1S/C19H18N2O3/c22-19(23)17-13-16(20-21-17)15-10-4-5-11-18(15)24-12-6-9-14-7-2-1-3-8-14/h1-5,7-8,10-11,13H,6,9,12H2,(H,20,21)(H,22,23). The van der Waals surface area contributed by atoms with Crippen LogP contribution in [0, 0.1) is 0 Å². The normalized spacial score (nSPS) is 10.5. The number of ether oxygens (including phenoxy) is 1. The smallest absolute Gasteiger partial charge is 0.353 e. The lowest BCUT2D eigenvalue weighted by molar-refractivity contribution is 0.0690. The van der Waals surface area contributed by atoms with Crippen LogP contribution in [0.4, 0.5) is 0 Å². The average Bonchev–Trinajstić information content (AvgIpc) is 3.10. The molecule has 5 heteroatoms. The Kier molecular flexibility index (Phi) is 4.91. The number of para-hydroxylation sites is 1. The van der Waals surface area contributed by atoms with Crippen molar-refractivity contribution in [1.29, 1.82) is 0 Å². The number of aromatic amines is 1. The van der Waals surface area contributed by atoms with Gasteiger partial charge in [0.05, 0.1) is 12.3 Å². The number of carboxylic acid groups (broad SMARTS) is 1. The molecule has 3 rings (SSSR count). The van der Waals surface area contributed by atoms with Crippen LogP contribution >= 0.6 is 0 Å². The van der Waals surface area contributed by atoms with Gasteiger partial charge in [0.1, 0.15) is 11.4 Å². The monoisotopic (exact) mass is 322 g/mol. The first kappa shape index (κ1) is 15.8. The van der Waals surface area contributed by atoms with Crippen LogP contribution in [0.3, 0.4) is 0 Å². The van der Waals surface area contributed by atoms with Crippen LogP contribution in [-0.2, 0) is 6.42 Å². The van der Waals surface area contributed by atoms with Gasteiger partial charge in [0.15, 0.2) is 0 Å². The molecule has 1 aromatic heterocycles. The van der Waals surface area contributed by atoms with E-state index in [4.69, 9.17) is 9.84 Å². The number of benzene rings is 2. The molecule has 0 bridgehead atoms. The molecule has 0 atom stereocenters. The third kappa shape index (κ3) is 3.81. The van der Waals surface area contributed by atoms with Gasteiger partial charge in [-0.2, -0.15) is 5.10 Å². The number of aromatic carboxylic acids is 1. The van der Waals surface area contributed by atoms with Gasteiger partial charge in [0.25, 0.3) is 0 Å². The average molecular weight is 322 g/mol. The molecule has 0 saturated heterocycles. The van der Waals surface area contributed by atoms with Gasteiger partial charge in [-0.3, -0.25) is 5.10 Å². The van der Waals surface area contributed by atoms with Crippen LogP contribution in [-0.4, -0.2) is 27.9 Å². The fourth-order valence-electron chi connectivity index (χ4n) is 2.48. The number of hydrogen-bond acceptors (Lipinski definition) is 3. The Bertz CT molecular complexity index is 812. The van der Waals surface area contributed by atoms with Crippen molar-refractivity contribution in [2.75, 3.05) is 6.61 Å². The molecule has 2 aromatic carbocycles. The Hall–Kier alpha value is -3.08. The summed E-state index contributed by atoms with van der Waals surface area (Å²) in [7, 11) is 0. The largest absolute Gasteiger partial charge is 0.493 e. The van der Waals surface area contributed by atoms with Crippen LogP contribution in [0.15, 0.2) is 60.7 Å². The van der Waals surface area contributed by atoms with Gasteiger partial charge in [-0.15, -0.1) is 0 Å². The minimum Gasteiger partial charge on any atom is -0.493 e. The first-order valence-electron chi connectivity index (χ1n) is 7.79. The van der Waals surface area contributed by atoms with Crippen LogP contribution in [0.2, 0.25) is 0 Å². The SMILES string of the molecule is O=C(O)c1cc(-c2ccccc2OCCCc2ccccc2)n[nH]1. The fourth-order valence-corrected chi connectivity index (χ4v) is 2.48. The molecule has 122 valence electrons. The number of hydrogen-bond donors (Lipinski definition) is 2. The van der Waals surface area contributed by atoms with E-state index < -0.39 is 5.97 Å². The van der Waals surface area contributed by atoms with Gasteiger partial charge in [-0.05, 0) is 36.6 Å². The third-order valence-corrected chi connectivity index (χ3v) is 3.68. The lowest BCUT2D eigenvalue weighted by atomic mass is 10.1. The summed E-state index contributed by atoms with van der Waals surface area (Å²) < 4.78 is 5.88. The Morgan fingerprint density at radius 3 is 2.58 bits per heavy atom. The molecule has 0 aliphatic heterocycles. The molecule has 0 aliphatic rings. The summed E-state index contributed by atoms with van der Waals surface area (Å²) in [6.07, 6.45) is 1.86. The second kappa shape index (κ2) is 7.46. The number of aromatic nitrogens is 2. The van der Waals surface area contributed by atoms with Gasteiger partial charge in [-0.25, -0.2) is 4.79 Å². The van der Waals surface area contributed by atoms with Crippen molar-refractivity contribution in [3.63, 3.8) is 0 Å². The van der Waals surface area contributed by atoms with Crippen molar-refractivity contribution in [2.45, 2.75) is 12.8 Å². The Morgan fingerprint density at radius 1 is 1.08 bits per heavy atom. The van der Waals surface area contributed by atoms with E-state index in [1.807, 2.05) is 42.5 Å². The van der Waals surface area contributed by atoms with Crippen LogP contribution < -0.4 is 4.74 Å². The minimum atomic E-state index is -1.03. The highest BCUT2D eigenvalue weighted by Gasteiger charge is 2.12. The van der Waals surface area contributed by atoms with Crippen molar-refractivity contribution in [3.05, 3.63) is 71.9 Å². The van der Waals surface area contributed by atoms with E-state index in [-0.39, 0.29) is 5.69 Å². The summed E-state index contributed by atoms with van der Waals surface area (Å²) in [4.78, 5) is 11.0. The molecule has 0 fully saturated rings. The van der Waals surface area contributed by atoms with Gasteiger partial charge in [0, 0.05) is 5.56 Å².